The number of hydrogen-bond acceptors (Lipinski definition) is 3. The van der Waals surface area contributed by atoms with E-state index in [0.29, 0.717) is 12.5 Å². The first-order valence-corrected chi connectivity index (χ1v) is 10.2. The molecule has 0 saturated carbocycles. The zero-order valence-electron chi connectivity index (χ0n) is 16.4. The fourth-order valence-corrected chi connectivity index (χ4v) is 4.63. The van der Waals surface area contributed by atoms with Crippen molar-refractivity contribution in [1.29, 1.82) is 0 Å². The van der Waals surface area contributed by atoms with Crippen molar-refractivity contribution >= 4 is 35.8 Å². The zero-order chi connectivity index (χ0) is 17.7. The minimum Gasteiger partial charge on any atom is -0.357 e. The van der Waals surface area contributed by atoms with Crippen LogP contribution in [-0.4, -0.2) is 73.5 Å². The van der Waals surface area contributed by atoms with Gasteiger partial charge in [0.1, 0.15) is 0 Å². The summed E-state index contributed by atoms with van der Waals surface area (Å²) in [5, 5.41) is 6.50. The summed E-state index contributed by atoms with van der Waals surface area (Å²) in [7, 11) is 0. The normalized spacial score (nSPS) is 30.2. The second-order valence-electron chi connectivity index (χ2n) is 8.10. The van der Waals surface area contributed by atoms with Crippen LogP contribution < -0.4 is 10.6 Å². The van der Waals surface area contributed by atoms with Gasteiger partial charge in [0.25, 0.3) is 0 Å². The Kier molecular flexibility index (Phi) is 8.44. The van der Waals surface area contributed by atoms with Gasteiger partial charge in [-0.25, -0.2) is 0 Å². The third-order valence-corrected chi connectivity index (χ3v) is 6.08. The highest BCUT2D eigenvalue weighted by Gasteiger charge is 2.42. The first-order valence-electron chi connectivity index (χ1n) is 10.2. The maximum atomic E-state index is 11.7. The molecule has 0 radical (unpaired) electrons. The zero-order valence-corrected chi connectivity index (χ0v) is 18.8. The van der Waals surface area contributed by atoms with Gasteiger partial charge in [0, 0.05) is 50.6 Å². The van der Waals surface area contributed by atoms with E-state index in [2.05, 4.69) is 34.3 Å². The molecule has 3 heterocycles. The summed E-state index contributed by atoms with van der Waals surface area (Å²) in [4.78, 5) is 21.6. The molecule has 0 aromatic carbocycles. The maximum absolute atomic E-state index is 11.7. The van der Waals surface area contributed by atoms with Gasteiger partial charge in [-0.05, 0) is 46.1 Å². The molecule has 0 bridgehead atoms. The number of aliphatic imine (C=N–C) groups is 1. The van der Waals surface area contributed by atoms with Crippen LogP contribution in [0, 0.1) is 5.41 Å². The summed E-state index contributed by atoms with van der Waals surface area (Å²) < 4.78 is 0. The Morgan fingerprint density at radius 2 is 2.19 bits per heavy atom. The molecule has 2 N–H and O–H groups in total. The van der Waals surface area contributed by atoms with Gasteiger partial charge in [0.15, 0.2) is 5.96 Å². The van der Waals surface area contributed by atoms with Crippen LogP contribution in [0.5, 0.6) is 0 Å². The molecule has 3 saturated heterocycles. The fourth-order valence-electron chi connectivity index (χ4n) is 4.63. The molecule has 3 aliphatic heterocycles. The number of halogens is 1. The van der Waals surface area contributed by atoms with Crippen molar-refractivity contribution < 1.29 is 4.79 Å². The Morgan fingerprint density at radius 3 is 2.88 bits per heavy atom. The standard InChI is InChI=1S/C19H35N5O.HI/c1-3-20-18(21-9-12-23-10-5-4-7-16(23)2)24-11-6-8-19(15-24)13-17(25)22-14-19;/h16H,3-15H2,1-2H3,(H,20,21)(H,22,25);1H. The quantitative estimate of drug-likeness (QED) is 0.370. The van der Waals surface area contributed by atoms with E-state index in [1.165, 1.54) is 25.8 Å². The molecule has 1 amide bonds. The van der Waals surface area contributed by atoms with Gasteiger partial charge in [-0.1, -0.05) is 6.42 Å². The summed E-state index contributed by atoms with van der Waals surface area (Å²) in [6.07, 6.45) is 6.97. The Hall–Kier alpha value is -0.570. The van der Waals surface area contributed by atoms with Crippen LogP contribution in [-0.2, 0) is 4.79 Å². The Labute approximate surface area is 175 Å². The first-order chi connectivity index (χ1) is 12.1. The highest BCUT2D eigenvalue weighted by Crippen LogP contribution is 2.36. The summed E-state index contributed by atoms with van der Waals surface area (Å²) in [5.74, 6) is 1.24. The lowest BCUT2D eigenvalue weighted by Gasteiger charge is -2.41. The van der Waals surface area contributed by atoms with Crippen LogP contribution in [0.1, 0.15) is 52.4 Å². The lowest BCUT2D eigenvalue weighted by molar-refractivity contribution is -0.119. The number of carbonyl (C=O) groups is 1. The number of nitrogens with zero attached hydrogens (tertiary/aromatic N) is 3. The van der Waals surface area contributed by atoms with Gasteiger partial charge in [-0.15, -0.1) is 24.0 Å². The van der Waals surface area contributed by atoms with Crippen LogP contribution >= 0.6 is 24.0 Å². The average molecular weight is 477 g/mol. The van der Waals surface area contributed by atoms with Crippen LogP contribution in [0.3, 0.4) is 0 Å². The molecule has 3 rings (SSSR count). The molecule has 26 heavy (non-hydrogen) atoms. The Morgan fingerprint density at radius 1 is 1.35 bits per heavy atom. The van der Waals surface area contributed by atoms with Crippen LogP contribution in [0.2, 0.25) is 0 Å². The molecular formula is C19H36IN5O. The minimum atomic E-state index is 0. The number of nitrogens with one attached hydrogen (secondary N) is 2. The molecule has 3 aliphatic rings. The molecule has 7 heteroatoms. The van der Waals surface area contributed by atoms with E-state index < -0.39 is 0 Å². The lowest BCUT2D eigenvalue weighted by Crippen LogP contribution is -2.51. The third-order valence-electron chi connectivity index (χ3n) is 6.08. The number of guanidine groups is 1. The van der Waals surface area contributed by atoms with E-state index in [1.54, 1.807) is 0 Å². The molecule has 1 spiro atoms. The van der Waals surface area contributed by atoms with Crippen molar-refractivity contribution in [2.75, 3.05) is 45.8 Å². The number of hydrogen-bond donors (Lipinski definition) is 2. The molecule has 0 aromatic heterocycles. The summed E-state index contributed by atoms with van der Waals surface area (Å²) in [5.41, 5.74) is 0.118. The van der Waals surface area contributed by atoms with Crippen LogP contribution in [0.4, 0.5) is 0 Å². The molecule has 2 unspecified atom stereocenters. The summed E-state index contributed by atoms with van der Waals surface area (Å²) in [6, 6.07) is 0.695. The molecule has 3 fully saturated rings. The predicted octanol–water partition coefficient (Wildman–Crippen LogP) is 2.05. The van der Waals surface area contributed by atoms with Crippen molar-refractivity contribution in [1.82, 2.24) is 20.4 Å². The second kappa shape index (κ2) is 10.1. The lowest BCUT2D eigenvalue weighted by atomic mass is 9.79. The predicted molar refractivity (Wildman–Crippen MR) is 117 cm³/mol. The van der Waals surface area contributed by atoms with Gasteiger partial charge in [-0.3, -0.25) is 14.7 Å². The first kappa shape index (κ1) is 21.7. The largest absolute Gasteiger partial charge is 0.357 e. The highest BCUT2D eigenvalue weighted by atomic mass is 127. The van der Waals surface area contributed by atoms with E-state index in [1.807, 2.05) is 0 Å². The Bertz CT molecular complexity index is 500. The van der Waals surface area contributed by atoms with E-state index in [9.17, 15) is 4.79 Å². The molecule has 0 aromatic rings. The van der Waals surface area contributed by atoms with Gasteiger partial charge in [0.2, 0.25) is 5.91 Å². The molecular weight excluding hydrogens is 441 g/mol. The summed E-state index contributed by atoms with van der Waals surface area (Å²) in [6.45, 7) is 11.3. The molecule has 2 atom stereocenters. The molecule has 0 aliphatic carbocycles. The number of likely N-dealkylation sites (tertiary alicyclic amines) is 2. The minimum absolute atomic E-state index is 0. The van der Waals surface area contributed by atoms with Gasteiger partial charge >= 0.3 is 0 Å². The average Bonchev–Trinajstić information content (AvgIpc) is 2.95. The molecule has 150 valence electrons. The van der Waals surface area contributed by atoms with Gasteiger partial charge < -0.3 is 15.5 Å². The van der Waals surface area contributed by atoms with Crippen molar-refractivity contribution in [2.24, 2.45) is 10.4 Å². The molecule has 6 nitrogen and oxygen atoms in total. The Balaban J connectivity index is 0.00000243. The third kappa shape index (κ3) is 5.47. The van der Waals surface area contributed by atoms with Crippen LogP contribution in [0.15, 0.2) is 4.99 Å². The maximum Gasteiger partial charge on any atom is 0.220 e. The topological polar surface area (TPSA) is 60.0 Å². The van der Waals surface area contributed by atoms with Crippen molar-refractivity contribution in [3.63, 3.8) is 0 Å². The van der Waals surface area contributed by atoms with Crippen molar-refractivity contribution in [2.45, 2.75) is 58.4 Å². The second-order valence-corrected chi connectivity index (χ2v) is 8.10. The number of amides is 1. The van der Waals surface area contributed by atoms with E-state index >= 15 is 0 Å². The van der Waals surface area contributed by atoms with Crippen LogP contribution in [0.25, 0.3) is 0 Å². The SMILES string of the molecule is CCNC(=NCCN1CCCCC1C)N1CCCC2(CNC(=O)C2)C1.I. The van der Waals surface area contributed by atoms with Crippen molar-refractivity contribution in [3.8, 4) is 0 Å². The highest BCUT2D eigenvalue weighted by molar-refractivity contribution is 14.0. The van der Waals surface area contributed by atoms with Gasteiger partial charge in [0.05, 0.1) is 6.54 Å². The number of piperidine rings is 2. The fraction of sp³-hybridized carbons (Fsp3) is 0.895. The van der Waals surface area contributed by atoms with E-state index in [-0.39, 0.29) is 35.3 Å². The van der Waals surface area contributed by atoms with Gasteiger partial charge in [-0.2, -0.15) is 0 Å². The van der Waals surface area contributed by atoms with E-state index in [0.717, 1.165) is 58.1 Å². The number of rotatable bonds is 4. The van der Waals surface area contributed by atoms with Crippen molar-refractivity contribution in [3.05, 3.63) is 0 Å². The summed E-state index contributed by atoms with van der Waals surface area (Å²) >= 11 is 0. The monoisotopic (exact) mass is 477 g/mol. The number of carbonyl (C=O) groups excluding carboxylic acids is 1. The smallest absolute Gasteiger partial charge is 0.220 e. The van der Waals surface area contributed by atoms with E-state index in [4.69, 9.17) is 4.99 Å².